The fourth-order valence-corrected chi connectivity index (χ4v) is 1.05. The van der Waals surface area contributed by atoms with Crippen LogP contribution in [0.15, 0.2) is 0 Å². The molecule has 32 heavy (non-hydrogen) atoms. The van der Waals surface area contributed by atoms with Crippen LogP contribution < -0.4 is 69.3 Å². The summed E-state index contributed by atoms with van der Waals surface area (Å²) in [4.78, 5) is 58.8. The maximum absolute atomic E-state index is 10.4. The maximum atomic E-state index is 10.4. The van der Waals surface area contributed by atoms with Gasteiger partial charge in [-0.15, -0.1) is 0 Å². The van der Waals surface area contributed by atoms with Gasteiger partial charge in [0.15, 0.2) is 0 Å². The monoisotopic (exact) mass is 484 g/mol. The zero-order chi connectivity index (χ0) is 25.3. The molecule has 0 unspecified atom stereocenters. The van der Waals surface area contributed by atoms with E-state index in [1.54, 1.807) is 0 Å². The van der Waals surface area contributed by atoms with Crippen LogP contribution >= 0.6 is 0 Å². The number of carbonyl (C=O) groups excluding carboxylic acids is 2. The quantitative estimate of drug-likeness (QED) is 0.236. The third-order valence-corrected chi connectivity index (χ3v) is 3.06. The van der Waals surface area contributed by atoms with Gasteiger partial charge in [0, 0.05) is 37.1 Å². The molecule has 0 saturated heterocycles. The number of carboxylic acid groups (broad SMARTS) is 6. The number of carboxylic acids is 6. The Bertz CT molecular complexity index is 541. The normalized spacial score (nSPS) is 9.19. The number of rotatable bonds is 8. The van der Waals surface area contributed by atoms with E-state index < -0.39 is 46.6 Å². The fraction of sp³-hybridized carbons (Fsp3) is 0.667. The molecule has 12 nitrogen and oxygen atoms in total. The van der Waals surface area contributed by atoms with E-state index in [0.29, 0.717) is 0 Å². The summed E-state index contributed by atoms with van der Waals surface area (Å²) in [6, 6.07) is 0. The van der Waals surface area contributed by atoms with Gasteiger partial charge >= 0.3 is 77.0 Å². The average molecular weight is 484 g/mol. The average Bonchev–Trinajstić information content (AvgIpc) is 2.50. The zero-order valence-corrected chi connectivity index (χ0v) is 23.9. The summed E-state index contributed by atoms with van der Waals surface area (Å²) in [5, 5.41) is 51.7. The van der Waals surface area contributed by atoms with Gasteiger partial charge in [0.05, 0.1) is 5.41 Å². The summed E-state index contributed by atoms with van der Waals surface area (Å²) in [6.45, 7) is 7.98. The molecule has 0 fully saturated rings. The van der Waals surface area contributed by atoms with Gasteiger partial charge in [-0.25, -0.2) is 0 Å². The molecule has 0 aromatic heterocycles. The van der Waals surface area contributed by atoms with Crippen molar-refractivity contribution < 1.29 is 119 Å². The van der Waals surface area contributed by atoms with Gasteiger partial charge in [-0.05, 0) is 33.6 Å². The van der Waals surface area contributed by atoms with Crippen molar-refractivity contribution in [3.8, 4) is 0 Å². The first kappa shape index (κ1) is 44.5. The molecule has 4 N–H and O–H groups in total. The summed E-state index contributed by atoms with van der Waals surface area (Å²) >= 11 is 0. The zero-order valence-electron chi connectivity index (χ0n) is 19.9. The Morgan fingerprint density at radius 1 is 0.656 bits per heavy atom. The molecule has 0 atom stereocenters. The van der Waals surface area contributed by atoms with E-state index in [-0.39, 0.29) is 84.8 Å². The van der Waals surface area contributed by atoms with Gasteiger partial charge in [-0.2, -0.15) is 0 Å². The largest absolute Gasteiger partial charge is 1.00 e. The topological polar surface area (TPSA) is 229 Å². The fourth-order valence-electron chi connectivity index (χ4n) is 1.05. The Hall–Kier alpha value is -1.18. The Labute approximate surface area is 231 Å². The number of aliphatic carboxylic acids is 6. The minimum absolute atomic E-state index is 0. The van der Waals surface area contributed by atoms with Crippen LogP contribution in [-0.4, -0.2) is 56.2 Å². The van der Waals surface area contributed by atoms with Gasteiger partial charge < -0.3 is 40.2 Å². The van der Waals surface area contributed by atoms with Crippen LogP contribution in [-0.2, 0) is 28.8 Å². The Morgan fingerprint density at radius 3 is 1.03 bits per heavy atom. The van der Waals surface area contributed by atoms with E-state index in [9.17, 15) is 24.3 Å². The van der Waals surface area contributed by atoms with Crippen molar-refractivity contribution in [3.63, 3.8) is 0 Å². The minimum atomic E-state index is -1.21. The van der Waals surface area contributed by atoms with Crippen molar-refractivity contribution in [1.29, 1.82) is 0 Å². The van der Waals surface area contributed by atoms with Crippen molar-refractivity contribution in [3.05, 3.63) is 0 Å². The first-order valence-electron chi connectivity index (χ1n) is 8.44. The molecule has 0 amide bonds. The van der Waals surface area contributed by atoms with Gasteiger partial charge in [0.1, 0.15) is 0 Å². The molecular weight excluding hydrogens is 454 g/mol. The molecule has 0 radical (unpaired) electrons. The number of hydrogen-bond donors (Lipinski definition) is 4. The minimum Gasteiger partial charge on any atom is -0.550 e. The van der Waals surface area contributed by atoms with Crippen molar-refractivity contribution >= 4 is 35.8 Å². The van der Waals surface area contributed by atoms with Crippen molar-refractivity contribution in [2.45, 2.75) is 67.2 Å². The van der Waals surface area contributed by atoms with E-state index in [1.165, 1.54) is 27.7 Å². The predicted octanol–water partition coefficient (Wildman–Crippen LogP) is -6.56. The summed E-state index contributed by atoms with van der Waals surface area (Å²) < 4.78 is 0. The second kappa shape index (κ2) is 23.0. The molecule has 0 saturated carbocycles. The number of hydrogen-bond acceptors (Lipinski definition) is 8. The molecule has 0 aliphatic carbocycles. The summed E-state index contributed by atoms with van der Waals surface area (Å²) in [7, 11) is 0. The second-order valence-electron chi connectivity index (χ2n) is 7.16. The molecule has 0 spiro atoms. The van der Waals surface area contributed by atoms with E-state index >= 15 is 0 Å². The van der Waals surface area contributed by atoms with Crippen LogP contribution in [0, 0.1) is 10.8 Å². The second-order valence-corrected chi connectivity index (χ2v) is 7.16. The van der Waals surface area contributed by atoms with Gasteiger partial charge in [0.25, 0.3) is 5.97 Å². The molecule has 176 valence electrons. The molecule has 0 heterocycles. The molecule has 0 bridgehead atoms. The molecule has 0 aromatic carbocycles. The molecule has 14 heteroatoms. The van der Waals surface area contributed by atoms with Gasteiger partial charge in [-0.3, -0.25) is 19.2 Å². The van der Waals surface area contributed by atoms with E-state index in [1.807, 2.05) is 0 Å². The SMILES string of the molecule is CC(=O)O.CC(=O)[O-].CC(C)(CCC(=O)O)C(=O)O.CC(C)(CCC(=O)O)C(=O)[O-].[Na+].[Na+]. The third kappa shape index (κ3) is 42.8. The molecule has 0 aliphatic heterocycles. The first-order chi connectivity index (χ1) is 13.2. The summed E-state index contributed by atoms with van der Waals surface area (Å²) in [5.41, 5.74) is -1.98. The molecule has 0 aliphatic rings. The molecule has 0 aromatic rings. The molecular formula is C18H30Na2O12. The van der Waals surface area contributed by atoms with E-state index in [4.69, 9.17) is 35.1 Å². The first-order valence-corrected chi connectivity index (χ1v) is 8.44. The summed E-state index contributed by atoms with van der Waals surface area (Å²) in [6.07, 6.45) is 0.0304. The van der Waals surface area contributed by atoms with Crippen LogP contribution in [0.25, 0.3) is 0 Å². The van der Waals surface area contributed by atoms with Crippen molar-refractivity contribution in [2.75, 3.05) is 0 Å². The Balaban J connectivity index is -0.0000000758. The van der Waals surface area contributed by atoms with Gasteiger partial charge in [-0.1, -0.05) is 13.8 Å². The number of carbonyl (C=O) groups is 6. The smallest absolute Gasteiger partial charge is 0.550 e. The molecule has 0 rings (SSSR count). The van der Waals surface area contributed by atoms with E-state index in [2.05, 4.69) is 0 Å². The van der Waals surface area contributed by atoms with Crippen LogP contribution in [0.5, 0.6) is 0 Å². The third-order valence-electron chi connectivity index (χ3n) is 3.06. The summed E-state index contributed by atoms with van der Waals surface area (Å²) in [5.74, 6) is -6.03. The van der Waals surface area contributed by atoms with Gasteiger partial charge in [0.2, 0.25) is 0 Å². The van der Waals surface area contributed by atoms with Crippen LogP contribution in [0.2, 0.25) is 0 Å². The Morgan fingerprint density at radius 2 is 0.875 bits per heavy atom. The van der Waals surface area contributed by atoms with Crippen LogP contribution in [0.1, 0.15) is 67.2 Å². The predicted molar refractivity (Wildman–Crippen MR) is 97.9 cm³/mol. The van der Waals surface area contributed by atoms with Crippen molar-refractivity contribution in [2.24, 2.45) is 10.8 Å². The van der Waals surface area contributed by atoms with Crippen molar-refractivity contribution in [1.82, 2.24) is 0 Å². The maximum Gasteiger partial charge on any atom is 1.00 e. The Kier molecular flexibility index (Phi) is 32.0. The van der Waals surface area contributed by atoms with Crippen LogP contribution in [0.3, 0.4) is 0 Å². The van der Waals surface area contributed by atoms with E-state index in [0.717, 1.165) is 13.8 Å². The standard InChI is InChI=1S/2C7H12O4.2C2H4O2.2Na/c2*1-7(2,6(10)11)4-3-5(8)9;2*1-2(3)4;;/h2*3-4H2,1-2H3,(H,8,9)(H,10,11);2*1H3,(H,3,4);;/q;;;;2*+1/p-2. The van der Waals surface area contributed by atoms with Crippen LogP contribution in [0.4, 0.5) is 0 Å².